The van der Waals surface area contributed by atoms with Crippen molar-refractivity contribution in [2.75, 3.05) is 13.2 Å². The summed E-state index contributed by atoms with van der Waals surface area (Å²) >= 11 is 12.0. The summed E-state index contributed by atoms with van der Waals surface area (Å²) in [6, 6.07) is 10.4. The highest BCUT2D eigenvalue weighted by Gasteiger charge is 2.15. The Bertz CT molecular complexity index is 783. The summed E-state index contributed by atoms with van der Waals surface area (Å²) < 4.78 is 11.1. The molecule has 0 radical (unpaired) electrons. The van der Waals surface area contributed by atoms with Crippen molar-refractivity contribution < 1.29 is 14.3 Å². The summed E-state index contributed by atoms with van der Waals surface area (Å²) in [5.41, 5.74) is 1.73. The second kappa shape index (κ2) is 7.85. The largest absolute Gasteiger partial charge is 0.486 e. The van der Waals surface area contributed by atoms with Crippen LogP contribution in [0.5, 0.6) is 11.5 Å². The molecule has 1 aliphatic heterocycles. The predicted molar refractivity (Wildman–Crippen MR) is 97.7 cm³/mol. The van der Waals surface area contributed by atoms with E-state index in [1.165, 1.54) is 0 Å². The number of hydrogen-bond donors (Lipinski definition) is 2. The lowest BCUT2D eigenvalue weighted by Gasteiger charge is -2.21. The number of urea groups is 1. The zero-order valence-electron chi connectivity index (χ0n) is 13.6. The first-order valence-corrected chi connectivity index (χ1v) is 8.66. The van der Waals surface area contributed by atoms with Crippen LogP contribution in [0.1, 0.15) is 24.1 Å². The van der Waals surface area contributed by atoms with E-state index < -0.39 is 0 Å². The molecule has 7 heteroatoms. The number of halogens is 2. The molecule has 0 spiro atoms. The van der Waals surface area contributed by atoms with E-state index in [4.69, 9.17) is 32.7 Å². The number of hydrogen-bond acceptors (Lipinski definition) is 3. The van der Waals surface area contributed by atoms with E-state index in [2.05, 4.69) is 10.6 Å². The van der Waals surface area contributed by atoms with Crippen LogP contribution in [0.2, 0.25) is 10.0 Å². The first-order valence-electron chi connectivity index (χ1n) is 7.91. The van der Waals surface area contributed by atoms with Crippen LogP contribution in [0.15, 0.2) is 36.4 Å². The van der Waals surface area contributed by atoms with Crippen LogP contribution in [-0.2, 0) is 6.54 Å². The number of fused-ring (bicyclic) bond motifs is 1. The molecule has 2 N–H and O–H groups in total. The highest BCUT2D eigenvalue weighted by atomic mass is 35.5. The predicted octanol–water partition coefficient (Wildman–Crippen LogP) is 4.33. The molecule has 0 saturated carbocycles. The molecule has 132 valence electrons. The molecule has 0 bridgehead atoms. The summed E-state index contributed by atoms with van der Waals surface area (Å²) in [7, 11) is 0. The van der Waals surface area contributed by atoms with E-state index in [-0.39, 0.29) is 12.1 Å². The number of nitrogens with one attached hydrogen (secondary N) is 2. The van der Waals surface area contributed by atoms with Crippen molar-refractivity contribution in [3.05, 3.63) is 57.6 Å². The molecule has 1 unspecified atom stereocenters. The molecule has 3 rings (SSSR count). The highest BCUT2D eigenvalue weighted by Crippen LogP contribution is 2.32. The van der Waals surface area contributed by atoms with Gasteiger partial charge in [-0.3, -0.25) is 0 Å². The Labute approximate surface area is 156 Å². The second-order valence-corrected chi connectivity index (χ2v) is 6.53. The molecule has 1 atom stereocenters. The van der Waals surface area contributed by atoms with Crippen molar-refractivity contribution in [2.24, 2.45) is 0 Å². The molecular weight excluding hydrogens is 363 g/mol. The number of amides is 2. The smallest absolute Gasteiger partial charge is 0.315 e. The van der Waals surface area contributed by atoms with E-state index in [1.54, 1.807) is 18.2 Å². The number of rotatable bonds is 4. The fraction of sp³-hybridized carbons (Fsp3) is 0.278. The monoisotopic (exact) mass is 380 g/mol. The molecule has 0 aromatic heterocycles. The van der Waals surface area contributed by atoms with E-state index in [1.807, 2.05) is 25.1 Å². The standard InChI is InChI=1S/C18H18Cl2N2O3/c1-11(12-3-5-16-17(8-12)25-7-6-24-16)22-18(23)21-10-13-2-4-14(19)9-15(13)20/h2-5,8-9,11H,6-7,10H2,1H3,(H2,21,22,23). The van der Waals surface area contributed by atoms with Crippen LogP contribution in [0.3, 0.4) is 0 Å². The fourth-order valence-electron chi connectivity index (χ4n) is 2.50. The summed E-state index contributed by atoms with van der Waals surface area (Å²) in [5.74, 6) is 1.43. The third-order valence-corrected chi connectivity index (χ3v) is 4.46. The van der Waals surface area contributed by atoms with Gasteiger partial charge in [-0.05, 0) is 42.3 Å². The van der Waals surface area contributed by atoms with Gasteiger partial charge in [0.2, 0.25) is 0 Å². The quantitative estimate of drug-likeness (QED) is 0.829. The maximum absolute atomic E-state index is 12.1. The van der Waals surface area contributed by atoms with Crippen LogP contribution in [0.25, 0.3) is 0 Å². The Morgan fingerprint density at radius 3 is 2.64 bits per heavy atom. The number of carbonyl (C=O) groups excluding carboxylic acids is 1. The Hall–Kier alpha value is -2.11. The minimum Gasteiger partial charge on any atom is -0.486 e. The molecular formula is C18H18Cl2N2O3. The molecule has 0 fully saturated rings. The van der Waals surface area contributed by atoms with Gasteiger partial charge in [0, 0.05) is 16.6 Å². The molecule has 2 aromatic rings. The maximum atomic E-state index is 12.1. The van der Waals surface area contributed by atoms with Crippen LogP contribution in [0, 0.1) is 0 Å². The molecule has 2 aromatic carbocycles. The first-order chi connectivity index (χ1) is 12.0. The maximum Gasteiger partial charge on any atom is 0.315 e. The second-order valence-electron chi connectivity index (χ2n) is 5.69. The van der Waals surface area contributed by atoms with Crippen molar-refractivity contribution in [3.63, 3.8) is 0 Å². The van der Waals surface area contributed by atoms with E-state index in [9.17, 15) is 4.79 Å². The van der Waals surface area contributed by atoms with Gasteiger partial charge in [0.05, 0.1) is 6.04 Å². The Balaban J connectivity index is 1.57. The fourth-order valence-corrected chi connectivity index (χ4v) is 2.98. The zero-order valence-corrected chi connectivity index (χ0v) is 15.2. The SMILES string of the molecule is CC(NC(=O)NCc1ccc(Cl)cc1Cl)c1ccc2c(c1)OCCO2. The number of carbonyl (C=O) groups is 1. The van der Waals surface area contributed by atoms with Gasteiger partial charge in [0.15, 0.2) is 11.5 Å². The average Bonchev–Trinajstić information content (AvgIpc) is 2.60. The molecule has 2 amide bonds. The van der Waals surface area contributed by atoms with Crippen molar-refractivity contribution in [2.45, 2.75) is 19.5 Å². The van der Waals surface area contributed by atoms with Gasteiger partial charge in [0.1, 0.15) is 13.2 Å². The average molecular weight is 381 g/mol. The molecule has 0 saturated heterocycles. The number of ether oxygens (including phenoxy) is 2. The number of benzene rings is 2. The lowest BCUT2D eigenvalue weighted by Crippen LogP contribution is -2.36. The third kappa shape index (κ3) is 4.50. The van der Waals surface area contributed by atoms with Crippen LogP contribution >= 0.6 is 23.2 Å². The molecule has 5 nitrogen and oxygen atoms in total. The summed E-state index contributed by atoms with van der Waals surface area (Å²) in [4.78, 5) is 12.1. The first kappa shape index (κ1) is 17.7. The third-order valence-electron chi connectivity index (χ3n) is 3.87. The molecule has 25 heavy (non-hydrogen) atoms. The van der Waals surface area contributed by atoms with Crippen LogP contribution in [0.4, 0.5) is 4.79 Å². The minimum atomic E-state index is -0.284. The van der Waals surface area contributed by atoms with Gasteiger partial charge in [-0.15, -0.1) is 0 Å². The van der Waals surface area contributed by atoms with Crippen LogP contribution < -0.4 is 20.1 Å². The van der Waals surface area contributed by atoms with E-state index in [0.29, 0.717) is 35.6 Å². The van der Waals surface area contributed by atoms with Gasteiger partial charge >= 0.3 is 6.03 Å². The van der Waals surface area contributed by atoms with Gasteiger partial charge in [-0.2, -0.15) is 0 Å². The van der Waals surface area contributed by atoms with Crippen molar-refractivity contribution >= 4 is 29.2 Å². The zero-order chi connectivity index (χ0) is 17.8. The van der Waals surface area contributed by atoms with Gasteiger partial charge < -0.3 is 20.1 Å². The van der Waals surface area contributed by atoms with Gasteiger partial charge in [-0.1, -0.05) is 35.3 Å². The lowest BCUT2D eigenvalue weighted by atomic mass is 10.1. The van der Waals surface area contributed by atoms with Crippen molar-refractivity contribution in [1.82, 2.24) is 10.6 Å². The molecule has 1 aliphatic rings. The van der Waals surface area contributed by atoms with Crippen LogP contribution in [-0.4, -0.2) is 19.2 Å². The Morgan fingerprint density at radius 2 is 1.88 bits per heavy atom. The molecule has 1 heterocycles. The summed E-state index contributed by atoms with van der Waals surface area (Å²) in [6.45, 7) is 3.30. The highest BCUT2D eigenvalue weighted by molar-refractivity contribution is 6.35. The van der Waals surface area contributed by atoms with Crippen molar-refractivity contribution in [1.29, 1.82) is 0 Å². The summed E-state index contributed by atoms with van der Waals surface area (Å²) in [5, 5.41) is 6.76. The molecule has 0 aliphatic carbocycles. The Morgan fingerprint density at radius 1 is 1.12 bits per heavy atom. The Kier molecular flexibility index (Phi) is 5.56. The van der Waals surface area contributed by atoms with E-state index >= 15 is 0 Å². The minimum absolute atomic E-state index is 0.184. The van der Waals surface area contributed by atoms with Crippen molar-refractivity contribution in [3.8, 4) is 11.5 Å². The van der Waals surface area contributed by atoms with Gasteiger partial charge in [-0.25, -0.2) is 4.79 Å². The summed E-state index contributed by atoms with van der Waals surface area (Å²) in [6.07, 6.45) is 0. The lowest BCUT2D eigenvalue weighted by molar-refractivity contribution is 0.171. The topological polar surface area (TPSA) is 59.6 Å². The van der Waals surface area contributed by atoms with Gasteiger partial charge in [0.25, 0.3) is 0 Å². The normalized spacial score (nSPS) is 13.9. The van der Waals surface area contributed by atoms with E-state index in [0.717, 1.165) is 16.9 Å².